The quantitative estimate of drug-likeness (QED) is 0.0293. The predicted octanol–water partition coefficient (Wildman–Crippen LogP) is 10.7. The minimum atomic E-state index is -2.48. The summed E-state index contributed by atoms with van der Waals surface area (Å²) in [6, 6.07) is 22.9. The van der Waals surface area contributed by atoms with Gasteiger partial charge in [0.1, 0.15) is 30.0 Å². The van der Waals surface area contributed by atoms with Gasteiger partial charge in [-0.05, 0) is 93.3 Å². The van der Waals surface area contributed by atoms with E-state index in [9.17, 15) is 39.0 Å². The van der Waals surface area contributed by atoms with Crippen LogP contribution in [0.4, 0.5) is 4.79 Å². The number of carbonyl (C=O) groups is 7. The predicted molar refractivity (Wildman–Crippen MR) is 307 cm³/mol. The second kappa shape index (κ2) is 28.6. The number of esters is 4. The fourth-order valence-electron chi connectivity index (χ4n) is 12.7. The van der Waals surface area contributed by atoms with Crippen molar-refractivity contribution in [3.8, 4) is 0 Å². The van der Waals surface area contributed by atoms with E-state index in [1.807, 2.05) is 0 Å². The molecule has 2 saturated carbocycles. The van der Waals surface area contributed by atoms with E-state index in [2.05, 4.69) is 36.5 Å². The average Bonchev–Trinajstić information content (AvgIpc) is 0.824. The van der Waals surface area contributed by atoms with Gasteiger partial charge in [-0.25, -0.2) is 14.4 Å². The molecule has 3 fully saturated rings. The number of rotatable bonds is 26. The first-order chi connectivity index (χ1) is 39.7. The van der Waals surface area contributed by atoms with E-state index in [-0.39, 0.29) is 41.9 Å². The molecular weight excluding hydrogens is 1060 g/mol. The number of unbranched alkanes of at least 4 members (excludes halogenated alkanes) is 9. The lowest BCUT2D eigenvalue weighted by atomic mass is 9.44. The summed E-state index contributed by atoms with van der Waals surface area (Å²) in [5.74, 6) is -7.10. The van der Waals surface area contributed by atoms with Crippen LogP contribution in [0.25, 0.3) is 0 Å². The molecule has 17 nitrogen and oxygen atoms in total. The number of amides is 1. The molecule has 11 atom stereocenters. The molecule has 7 rings (SSSR count). The van der Waals surface area contributed by atoms with Crippen LogP contribution in [0.1, 0.15) is 171 Å². The molecule has 4 aliphatic rings. The number of nitrogens with one attached hydrogen (secondary N) is 1. The first-order valence-corrected chi connectivity index (χ1v) is 29.4. The van der Waals surface area contributed by atoms with Crippen molar-refractivity contribution in [2.45, 2.75) is 192 Å². The average molecular weight is 1150 g/mol. The zero-order chi connectivity index (χ0) is 60.0. The van der Waals surface area contributed by atoms with Gasteiger partial charge in [0.2, 0.25) is 0 Å². The lowest BCUT2D eigenvalue weighted by Gasteiger charge is -2.67. The highest BCUT2D eigenvalue weighted by Crippen LogP contribution is 2.65. The van der Waals surface area contributed by atoms with Crippen LogP contribution in [0.5, 0.6) is 0 Å². The largest absolute Gasteiger partial charge is 0.508 e. The van der Waals surface area contributed by atoms with E-state index in [4.69, 9.17) is 33.2 Å². The minimum Gasteiger partial charge on any atom is -0.456 e. The normalized spacial score (nSPS) is 26.9. The number of aliphatic hydroxyl groups excluding tert-OH is 1. The molecule has 3 aromatic rings. The minimum absolute atomic E-state index is 0.000634. The van der Waals surface area contributed by atoms with E-state index in [1.165, 1.54) is 45.2 Å². The number of carbonyl (C=O) groups excluding carboxylic acids is 7. The summed E-state index contributed by atoms with van der Waals surface area (Å²) in [6.45, 7) is 10.2. The second-order valence-electron chi connectivity index (χ2n) is 23.1. The Bertz CT molecular complexity index is 2830. The van der Waals surface area contributed by atoms with Crippen LogP contribution in [0.2, 0.25) is 0 Å². The molecule has 17 heteroatoms. The number of fused-ring (bicyclic) bond motifs is 5. The Morgan fingerprint density at radius 2 is 1.33 bits per heavy atom. The van der Waals surface area contributed by atoms with Gasteiger partial charge in [-0.15, -0.1) is 0 Å². The van der Waals surface area contributed by atoms with Crippen molar-refractivity contribution in [3.63, 3.8) is 0 Å². The number of hydrogen-bond acceptors (Lipinski definition) is 16. The Kier molecular flexibility index (Phi) is 21.9. The molecule has 2 unspecified atom stereocenters. The smallest absolute Gasteiger partial charge is 0.456 e. The van der Waals surface area contributed by atoms with E-state index >= 15 is 4.79 Å². The summed E-state index contributed by atoms with van der Waals surface area (Å²) in [7, 11) is 0. The molecule has 1 amide bonds. The Labute approximate surface area is 487 Å². The van der Waals surface area contributed by atoms with Gasteiger partial charge >= 0.3 is 30.0 Å². The summed E-state index contributed by atoms with van der Waals surface area (Å²) in [5.41, 5.74) is -7.53. The summed E-state index contributed by atoms with van der Waals surface area (Å²) in [5, 5.41) is 28.9. The van der Waals surface area contributed by atoms with Gasteiger partial charge < -0.3 is 48.7 Å². The van der Waals surface area contributed by atoms with Crippen LogP contribution in [-0.4, -0.2) is 113 Å². The number of allylic oxidation sites excluding steroid dienone is 4. The highest BCUT2D eigenvalue weighted by Gasteiger charge is 2.79. The molecular formula is C66H83NO16. The standard InChI is InChI=1S/C66H83NO16/c1-8-9-10-11-12-13-14-15-16-17-18-19-20-21-22-32-39-77-62(75)81-50-40-51-65(42-78-51,83-45(4)69)56-58(82-60(73)48-37-30-25-31-38-48)66(76)41-49(43(2)52(63(66,5)6)55(79-44(3)68)57(71)64(50,56)7)80-61(74)54(70)53(46-33-26-23-27-34-46)67-59(72)47-35-28-24-29-36-47/h12-13,15-16,23-31,33-38,49-51,53-56,58,70,76H,8-11,14,17-22,32,39-42H2,1-7H3,(H,67,72)/b13-12-,16-15-/t49?,50-,51+,53-,54?,55+,56-,58-,64+,65+,66+/m0/s1. The third kappa shape index (κ3) is 14.4. The number of aliphatic hydroxyl groups is 2. The lowest BCUT2D eigenvalue weighted by Crippen LogP contribution is -2.82. The molecule has 0 spiro atoms. The van der Waals surface area contributed by atoms with Crippen LogP contribution < -0.4 is 5.32 Å². The fraction of sp³-hybridized carbons (Fsp3) is 0.530. The van der Waals surface area contributed by atoms with Crippen molar-refractivity contribution in [3.05, 3.63) is 143 Å². The fourth-order valence-corrected chi connectivity index (χ4v) is 12.7. The van der Waals surface area contributed by atoms with Crippen molar-refractivity contribution in [2.75, 3.05) is 13.2 Å². The van der Waals surface area contributed by atoms with Gasteiger partial charge in [0.25, 0.3) is 5.91 Å². The molecule has 1 aliphatic heterocycles. The third-order valence-electron chi connectivity index (χ3n) is 17.3. The van der Waals surface area contributed by atoms with Crippen molar-refractivity contribution >= 4 is 41.7 Å². The number of hydrogen-bond donors (Lipinski definition) is 3. The molecule has 3 aromatic carbocycles. The first-order valence-electron chi connectivity index (χ1n) is 29.4. The molecule has 1 saturated heterocycles. The zero-order valence-corrected chi connectivity index (χ0v) is 49.0. The number of ketones is 1. The highest BCUT2D eigenvalue weighted by atomic mass is 16.7. The lowest BCUT2D eigenvalue weighted by molar-refractivity contribution is -0.346. The van der Waals surface area contributed by atoms with Gasteiger partial charge in [-0.3, -0.25) is 19.2 Å². The molecule has 3 N–H and O–H groups in total. The van der Waals surface area contributed by atoms with E-state index in [0.717, 1.165) is 65.2 Å². The van der Waals surface area contributed by atoms with E-state index < -0.39 is 119 Å². The molecule has 0 radical (unpaired) electrons. The van der Waals surface area contributed by atoms with Crippen LogP contribution in [0.3, 0.4) is 0 Å². The maximum atomic E-state index is 16.3. The summed E-state index contributed by atoms with van der Waals surface area (Å²) < 4.78 is 43.1. The molecule has 2 bridgehead atoms. The third-order valence-corrected chi connectivity index (χ3v) is 17.3. The zero-order valence-electron chi connectivity index (χ0n) is 49.0. The summed E-state index contributed by atoms with van der Waals surface area (Å²) in [6.07, 6.45) is 9.05. The molecule has 0 aromatic heterocycles. The van der Waals surface area contributed by atoms with Crippen molar-refractivity contribution in [2.24, 2.45) is 16.7 Å². The number of Topliss-reactive ketones (excluding diaryl/α,β-unsaturated/α-hetero) is 1. The molecule has 1 heterocycles. The van der Waals surface area contributed by atoms with Crippen molar-refractivity contribution in [1.82, 2.24) is 5.32 Å². The monoisotopic (exact) mass is 1150 g/mol. The Morgan fingerprint density at radius 1 is 0.735 bits per heavy atom. The van der Waals surface area contributed by atoms with Crippen LogP contribution >= 0.6 is 0 Å². The van der Waals surface area contributed by atoms with Gasteiger partial charge in [-0.2, -0.15) is 0 Å². The van der Waals surface area contributed by atoms with Crippen molar-refractivity contribution in [1.29, 1.82) is 0 Å². The van der Waals surface area contributed by atoms with Crippen molar-refractivity contribution < 1.29 is 76.9 Å². The summed E-state index contributed by atoms with van der Waals surface area (Å²) in [4.78, 5) is 100. The number of benzene rings is 3. The highest BCUT2D eigenvalue weighted by molar-refractivity contribution is 5.96. The first kappa shape index (κ1) is 63.6. The Hall–Kier alpha value is -6.95. The molecule has 83 heavy (non-hydrogen) atoms. The maximum Gasteiger partial charge on any atom is 0.508 e. The van der Waals surface area contributed by atoms with Gasteiger partial charge in [0.05, 0.1) is 36.2 Å². The van der Waals surface area contributed by atoms with Crippen LogP contribution in [0, 0.1) is 16.7 Å². The topological polar surface area (TPSA) is 237 Å². The molecule has 448 valence electrons. The van der Waals surface area contributed by atoms with Gasteiger partial charge in [0.15, 0.2) is 23.6 Å². The maximum absolute atomic E-state index is 16.3. The Morgan fingerprint density at radius 3 is 1.92 bits per heavy atom. The van der Waals surface area contributed by atoms with Gasteiger partial charge in [0, 0.05) is 37.7 Å². The van der Waals surface area contributed by atoms with Crippen LogP contribution in [0.15, 0.2) is 126 Å². The van der Waals surface area contributed by atoms with Gasteiger partial charge in [-0.1, -0.05) is 150 Å². The van der Waals surface area contributed by atoms with E-state index in [0.29, 0.717) is 12.0 Å². The summed E-state index contributed by atoms with van der Waals surface area (Å²) >= 11 is 0. The Balaban J connectivity index is 1.20. The molecule has 3 aliphatic carbocycles. The van der Waals surface area contributed by atoms with Crippen LogP contribution in [-0.2, 0) is 52.3 Å². The SMILES string of the molecule is CCCCC/C=C\C/C=C\CCCCCCCCOC(=O)O[C@H]1C[C@H]2OC[C@]2(OC(C)=O)[C@H]2[C@H](OC(=O)c3ccccc3)[C@]3(O)CC(OC(=O)C(O)[C@@H](NC(=O)c4ccccc4)c4ccccc4)C(C)=C([C@@H](OC(C)=O)C(=O)[C@]12C)C3(C)C. The second-order valence-corrected chi connectivity index (χ2v) is 23.1. The van der Waals surface area contributed by atoms with E-state index in [1.54, 1.807) is 92.7 Å². The number of ether oxygens (including phenoxy) is 7.